The van der Waals surface area contributed by atoms with E-state index >= 15 is 0 Å². The van der Waals surface area contributed by atoms with Crippen molar-refractivity contribution in [1.29, 1.82) is 0 Å². The van der Waals surface area contributed by atoms with Gasteiger partial charge < -0.3 is 9.47 Å². The van der Waals surface area contributed by atoms with Crippen LogP contribution in [0.3, 0.4) is 0 Å². The molecule has 12 rings (SSSR count). The van der Waals surface area contributed by atoms with Crippen LogP contribution in [-0.4, -0.2) is 14.5 Å². The Morgan fingerprint density at radius 1 is 0.433 bits per heavy atom. The van der Waals surface area contributed by atoms with Gasteiger partial charge in [0.15, 0.2) is 0 Å². The average molecular weight is 865 g/mol. The van der Waals surface area contributed by atoms with Crippen LogP contribution in [0, 0.1) is 0 Å². The second-order valence-corrected chi connectivity index (χ2v) is 20.3. The van der Waals surface area contributed by atoms with E-state index in [-0.39, 0.29) is 10.8 Å². The highest BCUT2D eigenvalue weighted by molar-refractivity contribution is 6.06. The fourth-order valence-corrected chi connectivity index (χ4v) is 11.0. The Morgan fingerprint density at radius 3 is 1.36 bits per heavy atom. The largest absolute Gasteiger partial charge is 0.310 e. The molecule has 0 bridgehead atoms. The van der Waals surface area contributed by atoms with E-state index in [9.17, 15) is 0 Å². The van der Waals surface area contributed by atoms with Crippen molar-refractivity contribution >= 4 is 28.0 Å². The topological polar surface area (TPSA) is 34.0 Å². The molecule has 2 aliphatic carbocycles. The van der Waals surface area contributed by atoms with E-state index in [1.807, 2.05) is 24.5 Å². The number of rotatable bonds is 6. The number of fused-ring (bicyclic) bond motifs is 12. The van der Waals surface area contributed by atoms with Gasteiger partial charge in [0.25, 0.3) is 0 Å². The molecule has 7 aromatic carbocycles. The van der Waals surface area contributed by atoms with Crippen molar-refractivity contribution in [2.75, 3.05) is 4.90 Å². The molecule has 0 unspecified atom stereocenters. The zero-order valence-corrected chi connectivity index (χ0v) is 38.9. The van der Waals surface area contributed by atoms with Gasteiger partial charge in [0, 0.05) is 62.8 Å². The van der Waals surface area contributed by atoms with Crippen LogP contribution in [0.25, 0.3) is 61.5 Å². The van der Waals surface area contributed by atoms with Gasteiger partial charge in [0.05, 0.1) is 28.0 Å². The lowest BCUT2D eigenvalue weighted by Gasteiger charge is -2.31. The summed E-state index contributed by atoms with van der Waals surface area (Å²) in [6.07, 6.45) is 3.75. The highest BCUT2D eigenvalue weighted by Crippen LogP contribution is 2.65. The second kappa shape index (κ2) is 15.1. The van der Waals surface area contributed by atoms with Crippen LogP contribution in [0.2, 0.25) is 0 Å². The van der Waals surface area contributed by atoms with Crippen LogP contribution in [0.4, 0.5) is 17.1 Å². The van der Waals surface area contributed by atoms with Crippen LogP contribution in [-0.2, 0) is 16.2 Å². The van der Waals surface area contributed by atoms with E-state index in [0.717, 1.165) is 50.8 Å². The molecular formula is C63H52N4. The van der Waals surface area contributed by atoms with E-state index in [2.05, 4.69) is 233 Å². The van der Waals surface area contributed by atoms with Gasteiger partial charge in [0.1, 0.15) is 0 Å². The minimum atomic E-state index is -0.572. The molecule has 0 fully saturated rings. The van der Waals surface area contributed by atoms with E-state index in [1.165, 1.54) is 61.2 Å². The molecule has 0 atom stereocenters. The van der Waals surface area contributed by atoms with Gasteiger partial charge in [-0.15, -0.1) is 0 Å². The third kappa shape index (κ3) is 6.34. The molecule has 2 aliphatic rings. The predicted octanol–water partition coefficient (Wildman–Crippen LogP) is 16.2. The van der Waals surface area contributed by atoms with Crippen molar-refractivity contribution in [2.24, 2.45) is 0 Å². The van der Waals surface area contributed by atoms with Crippen molar-refractivity contribution in [3.63, 3.8) is 0 Å². The molecule has 4 heteroatoms. The zero-order chi connectivity index (χ0) is 45.7. The van der Waals surface area contributed by atoms with Crippen molar-refractivity contribution in [2.45, 2.75) is 57.8 Å². The van der Waals surface area contributed by atoms with Gasteiger partial charge >= 0.3 is 0 Å². The summed E-state index contributed by atoms with van der Waals surface area (Å²) in [6, 6.07) is 72.0. The maximum Gasteiger partial charge on any atom is 0.0747 e. The Morgan fingerprint density at radius 2 is 0.881 bits per heavy atom. The highest BCUT2D eigenvalue weighted by atomic mass is 15.1. The molecule has 1 spiro atoms. The second-order valence-electron chi connectivity index (χ2n) is 20.3. The Balaban J connectivity index is 1.20. The molecule has 3 aromatic heterocycles. The summed E-state index contributed by atoms with van der Waals surface area (Å²) in [5.74, 6) is 0. The van der Waals surface area contributed by atoms with Gasteiger partial charge in [-0.3, -0.25) is 9.97 Å². The maximum absolute atomic E-state index is 4.88. The predicted molar refractivity (Wildman–Crippen MR) is 278 cm³/mol. The smallest absolute Gasteiger partial charge is 0.0747 e. The molecule has 3 heterocycles. The normalized spacial score (nSPS) is 13.3. The monoisotopic (exact) mass is 864 g/mol. The number of nitrogens with zero attached hydrogens (tertiary/aromatic N) is 4. The summed E-state index contributed by atoms with van der Waals surface area (Å²) in [5.41, 5.74) is 21.8. The van der Waals surface area contributed by atoms with Crippen molar-refractivity contribution in [1.82, 2.24) is 14.5 Å². The number of hydrogen-bond donors (Lipinski definition) is 0. The van der Waals surface area contributed by atoms with Gasteiger partial charge in [-0.25, -0.2) is 0 Å². The first kappa shape index (κ1) is 40.7. The first-order chi connectivity index (χ1) is 32.5. The van der Waals surface area contributed by atoms with Crippen LogP contribution in [0.15, 0.2) is 207 Å². The van der Waals surface area contributed by atoms with E-state index in [4.69, 9.17) is 9.97 Å². The van der Waals surface area contributed by atoms with E-state index in [0.29, 0.717) is 0 Å². The summed E-state index contributed by atoms with van der Waals surface area (Å²) in [5, 5.41) is 1.21. The number of benzene rings is 7. The van der Waals surface area contributed by atoms with Crippen LogP contribution in [0.1, 0.15) is 74.9 Å². The molecule has 67 heavy (non-hydrogen) atoms. The van der Waals surface area contributed by atoms with Crippen LogP contribution < -0.4 is 4.90 Å². The molecule has 4 nitrogen and oxygen atoms in total. The lowest BCUT2D eigenvalue weighted by Crippen LogP contribution is -2.25. The van der Waals surface area contributed by atoms with Crippen LogP contribution >= 0.6 is 0 Å². The lowest BCUT2D eigenvalue weighted by atomic mass is 9.70. The maximum atomic E-state index is 4.88. The third-order valence-electron chi connectivity index (χ3n) is 14.2. The average Bonchev–Trinajstić information content (AvgIpc) is 3.96. The molecule has 0 amide bonds. The van der Waals surface area contributed by atoms with Crippen molar-refractivity contribution in [3.05, 3.63) is 240 Å². The third-order valence-corrected chi connectivity index (χ3v) is 14.2. The molecule has 0 saturated heterocycles. The summed E-state index contributed by atoms with van der Waals surface area (Å²) >= 11 is 0. The standard InChI is InChI=1S/C63H52N4/c1-61(2,3)43-25-29-45(30-26-43)66(46-31-27-44(28-32-46)62(4,5)6)47-33-34-58-52(40-47)59-60(67(58)48-38-41(56-23-13-15-35-64-56)37-42(39-48)57-24-14-16-36-65-57)51-19-9-12-22-55(51)63(59)53-20-10-7-17-49(53)50-18-8-11-21-54(50)63/h7-40H,1-6H3. The summed E-state index contributed by atoms with van der Waals surface area (Å²) in [7, 11) is 0. The fourth-order valence-electron chi connectivity index (χ4n) is 11.0. The first-order valence-electron chi connectivity index (χ1n) is 23.5. The van der Waals surface area contributed by atoms with E-state index < -0.39 is 5.41 Å². The number of pyridine rings is 2. The van der Waals surface area contributed by atoms with Crippen molar-refractivity contribution < 1.29 is 0 Å². The molecule has 0 radical (unpaired) electrons. The molecular weight excluding hydrogens is 813 g/mol. The zero-order valence-electron chi connectivity index (χ0n) is 38.9. The Labute approximate surface area is 393 Å². The SMILES string of the molecule is CC(C)(C)c1ccc(N(c2ccc(C(C)(C)C)cc2)c2ccc3c(c2)c2c(n3-c3cc(-c4ccccn4)cc(-c4ccccn4)c3)-c3ccccc3C23c2ccccc2-c2ccccc23)cc1. The molecule has 0 N–H and O–H groups in total. The quantitative estimate of drug-likeness (QED) is 0.167. The summed E-state index contributed by atoms with van der Waals surface area (Å²) < 4.78 is 2.53. The van der Waals surface area contributed by atoms with Gasteiger partial charge in [-0.1, -0.05) is 151 Å². The minimum absolute atomic E-state index is 0.0294. The van der Waals surface area contributed by atoms with Gasteiger partial charge in [0.2, 0.25) is 0 Å². The van der Waals surface area contributed by atoms with Crippen molar-refractivity contribution in [3.8, 4) is 50.6 Å². The van der Waals surface area contributed by atoms with E-state index in [1.54, 1.807) is 0 Å². The number of anilines is 3. The first-order valence-corrected chi connectivity index (χ1v) is 23.5. The Hall–Kier alpha value is -7.82. The molecule has 0 aliphatic heterocycles. The van der Waals surface area contributed by atoms with Gasteiger partial charge in [-0.2, -0.15) is 0 Å². The minimum Gasteiger partial charge on any atom is -0.310 e. The molecule has 0 saturated carbocycles. The lowest BCUT2D eigenvalue weighted by molar-refractivity contribution is 0.590. The Bertz CT molecular complexity index is 3350. The molecule has 10 aromatic rings. The summed E-state index contributed by atoms with van der Waals surface area (Å²) in [4.78, 5) is 12.2. The number of aromatic nitrogens is 3. The van der Waals surface area contributed by atoms with Gasteiger partial charge in [-0.05, 0) is 135 Å². The number of hydrogen-bond acceptors (Lipinski definition) is 3. The highest BCUT2D eigenvalue weighted by Gasteiger charge is 2.54. The Kier molecular flexibility index (Phi) is 9.18. The fraction of sp³-hybridized carbons (Fsp3) is 0.143. The van der Waals surface area contributed by atoms with Crippen LogP contribution in [0.5, 0.6) is 0 Å². The summed E-state index contributed by atoms with van der Waals surface area (Å²) in [6.45, 7) is 13.7. The molecule has 324 valence electrons.